The van der Waals surface area contributed by atoms with E-state index in [4.69, 9.17) is 14.6 Å². The van der Waals surface area contributed by atoms with E-state index in [0.29, 0.717) is 17.9 Å². The van der Waals surface area contributed by atoms with Gasteiger partial charge in [-0.1, -0.05) is 38.1 Å². The summed E-state index contributed by atoms with van der Waals surface area (Å²) < 4.78 is 26.0. The highest BCUT2D eigenvalue weighted by Crippen LogP contribution is 2.33. The Hall–Kier alpha value is -3.80. The Morgan fingerprint density at radius 3 is 2.26 bits per heavy atom. The molecule has 10 nitrogen and oxygen atoms in total. The number of carboxylic acids is 1. The van der Waals surface area contributed by atoms with Gasteiger partial charge < -0.3 is 30.1 Å². The zero-order valence-corrected chi connectivity index (χ0v) is 22.1. The molecule has 0 unspecified atom stereocenters. The van der Waals surface area contributed by atoms with Crippen molar-refractivity contribution in [2.24, 2.45) is 0 Å². The zero-order valence-electron chi connectivity index (χ0n) is 22.1. The molecule has 2 atom stereocenters. The number of aliphatic hydroxyl groups is 2. The molecule has 0 aliphatic heterocycles. The number of aliphatic carboxylic acids is 1. The number of halogens is 1. The number of carbonyl (C=O) groups is 2. The first-order chi connectivity index (χ1) is 18.6. The Labute approximate surface area is 226 Å². The molecule has 3 aromatic rings. The molecule has 2 aromatic carbocycles. The van der Waals surface area contributed by atoms with E-state index in [0.717, 1.165) is 11.1 Å². The number of ether oxygens (including phenoxy) is 2. The summed E-state index contributed by atoms with van der Waals surface area (Å²) in [7, 11) is 1.62. The van der Waals surface area contributed by atoms with Gasteiger partial charge in [-0.3, -0.25) is 9.59 Å². The second kappa shape index (κ2) is 13.8. The van der Waals surface area contributed by atoms with E-state index in [9.17, 15) is 24.2 Å². The third-order valence-corrected chi connectivity index (χ3v) is 5.90. The summed E-state index contributed by atoms with van der Waals surface area (Å²) in [6, 6.07) is 13.1. The molecule has 1 amide bonds. The van der Waals surface area contributed by atoms with Crippen LogP contribution in [0.1, 0.15) is 59.8 Å². The second-order valence-corrected chi connectivity index (χ2v) is 9.49. The number of nitrogens with zero attached hydrogens (tertiary/aromatic N) is 2. The Balaban J connectivity index is 1.87. The van der Waals surface area contributed by atoms with Crippen molar-refractivity contribution in [3.05, 3.63) is 76.7 Å². The van der Waals surface area contributed by atoms with Gasteiger partial charge in [0.15, 0.2) is 5.69 Å². The Kier molecular flexibility index (Phi) is 10.6. The number of amides is 1. The van der Waals surface area contributed by atoms with Gasteiger partial charge in [-0.2, -0.15) is 5.10 Å². The summed E-state index contributed by atoms with van der Waals surface area (Å²) in [5, 5.41) is 36.4. The van der Waals surface area contributed by atoms with Gasteiger partial charge in [0.05, 0.1) is 30.9 Å². The summed E-state index contributed by atoms with van der Waals surface area (Å²) in [5.74, 6) is -2.12. The predicted molar refractivity (Wildman–Crippen MR) is 140 cm³/mol. The van der Waals surface area contributed by atoms with E-state index in [-0.39, 0.29) is 37.1 Å². The fourth-order valence-electron chi connectivity index (χ4n) is 4.03. The van der Waals surface area contributed by atoms with E-state index in [1.807, 2.05) is 38.1 Å². The van der Waals surface area contributed by atoms with E-state index >= 15 is 0 Å². The maximum atomic E-state index is 13.6. The molecule has 0 spiro atoms. The molecule has 1 aromatic heterocycles. The van der Waals surface area contributed by atoms with Crippen LogP contribution in [-0.4, -0.2) is 62.9 Å². The second-order valence-electron chi connectivity index (χ2n) is 9.49. The van der Waals surface area contributed by atoms with Crippen LogP contribution in [0.2, 0.25) is 0 Å². The molecule has 4 N–H and O–H groups in total. The molecule has 0 saturated heterocycles. The smallest absolute Gasteiger partial charge is 0.305 e. The average Bonchev–Trinajstić information content (AvgIpc) is 3.27. The molecule has 0 saturated carbocycles. The number of methoxy groups -OCH3 is 1. The third kappa shape index (κ3) is 8.34. The van der Waals surface area contributed by atoms with E-state index in [2.05, 4.69) is 10.4 Å². The Morgan fingerprint density at radius 2 is 1.67 bits per heavy atom. The van der Waals surface area contributed by atoms with Gasteiger partial charge in [0, 0.05) is 25.6 Å². The molecule has 0 radical (unpaired) electrons. The number of hydrogen-bond acceptors (Lipinski definition) is 7. The molecule has 39 heavy (non-hydrogen) atoms. The third-order valence-electron chi connectivity index (χ3n) is 5.90. The van der Waals surface area contributed by atoms with Gasteiger partial charge in [0.2, 0.25) is 5.88 Å². The summed E-state index contributed by atoms with van der Waals surface area (Å²) in [6.45, 7) is 4.16. The quantitative estimate of drug-likeness (QED) is 0.243. The fourth-order valence-corrected chi connectivity index (χ4v) is 4.03. The van der Waals surface area contributed by atoms with Crippen LogP contribution in [0, 0.1) is 5.82 Å². The van der Waals surface area contributed by atoms with Crippen LogP contribution >= 0.6 is 0 Å². The van der Waals surface area contributed by atoms with Crippen LogP contribution in [0.25, 0.3) is 5.69 Å². The summed E-state index contributed by atoms with van der Waals surface area (Å²) in [5.41, 5.74) is 2.91. The number of aliphatic hydroxyl groups excluding tert-OH is 2. The number of hydrogen-bond donors (Lipinski definition) is 4. The van der Waals surface area contributed by atoms with Crippen molar-refractivity contribution in [1.82, 2.24) is 15.1 Å². The van der Waals surface area contributed by atoms with Crippen molar-refractivity contribution in [2.75, 3.05) is 13.7 Å². The summed E-state index contributed by atoms with van der Waals surface area (Å²) in [4.78, 5) is 24.1. The zero-order chi connectivity index (χ0) is 28.5. The first kappa shape index (κ1) is 29.8. The molecule has 0 fully saturated rings. The van der Waals surface area contributed by atoms with Crippen molar-refractivity contribution in [3.63, 3.8) is 0 Å². The van der Waals surface area contributed by atoms with Crippen LogP contribution in [0.5, 0.6) is 5.88 Å². The highest BCUT2D eigenvalue weighted by atomic mass is 19.1. The fraction of sp³-hybridized carbons (Fsp3) is 0.393. The Bertz CT molecular complexity index is 1240. The van der Waals surface area contributed by atoms with Gasteiger partial charge >= 0.3 is 5.97 Å². The maximum absolute atomic E-state index is 13.6. The van der Waals surface area contributed by atoms with Crippen molar-refractivity contribution in [3.8, 4) is 11.6 Å². The monoisotopic (exact) mass is 543 g/mol. The summed E-state index contributed by atoms with van der Waals surface area (Å²) >= 11 is 0. The number of nitrogens with one attached hydrogen (secondary N) is 1. The molecule has 0 aliphatic rings. The van der Waals surface area contributed by atoms with Crippen LogP contribution < -0.4 is 10.1 Å². The lowest BCUT2D eigenvalue weighted by molar-refractivity contribution is -0.139. The molecule has 210 valence electrons. The maximum Gasteiger partial charge on any atom is 0.305 e. The number of rotatable bonds is 14. The van der Waals surface area contributed by atoms with Crippen LogP contribution in [0.4, 0.5) is 4.39 Å². The first-order valence-electron chi connectivity index (χ1n) is 12.5. The van der Waals surface area contributed by atoms with Crippen LogP contribution in [0.15, 0.2) is 48.5 Å². The van der Waals surface area contributed by atoms with Gasteiger partial charge in [0.1, 0.15) is 12.4 Å². The number of carboxylic acid groups (broad SMARTS) is 1. The lowest BCUT2D eigenvalue weighted by Crippen LogP contribution is -2.26. The molecule has 1 heterocycles. The summed E-state index contributed by atoms with van der Waals surface area (Å²) in [6.07, 6.45) is -3.17. The van der Waals surface area contributed by atoms with Gasteiger partial charge in [-0.25, -0.2) is 9.07 Å². The largest absolute Gasteiger partial charge is 0.481 e. The number of benzene rings is 2. The molecular formula is C28H34FN3O7. The minimum atomic E-state index is -1.25. The highest BCUT2D eigenvalue weighted by molar-refractivity contribution is 5.94. The van der Waals surface area contributed by atoms with E-state index < -0.39 is 36.3 Å². The average molecular weight is 544 g/mol. The van der Waals surface area contributed by atoms with Crippen molar-refractivity contribution in [2.45, 2.75) is 58.0 Å². The van der Waals surface area contributed by atoms with Crippen molar-refractivity contribution in [1.29, 1.82) is 0 Å². The topological polar surface area (TPSA) is 143 Å². The number of aromatic nitrogens is 2. The van der Waals surface area contributed by atoms with Crippen molar-refractivity contribution < 1.29 is 38.8 Å². The molecule has 0 aliphatic carbocycles. The van der Waals surface area contributed by atoms with Gasteiger partial charge in [0.25, 0.3) is 5.91 Å². The lowest BCUT2D eigenvalue weighted by Gasteiger charge is -2.17. The molecule has 3 rings (SSSR count). The highest BCUT2D eigenvalue weighted by Gasteiger charge is 2.28. The van der Waals surface area contributed by atoms with Gasteiger partial charge in [-0.05, 0) is 41.3 Å². The Morgan fingerprint density at radius 1 is 1.03 bits per heavy atom. The van der Waals surface area contributed by atoms with Gasteiger partial charge in [-0.15, -0.1) is 0 Å². The standard InChI is InChI=1S/C28H34FN3O7/c1-17(2)25-26(27(37)30-14-18-4-6-19(7-5-18)15-38-3)31-32(21-10-8-20(29)9-11-21)28(25)39-16-23(34)12-22(33)13-24(35)36/h4-11,17,22-23,33-34H,12-16H2,1-3H3,(H,30,37)(H,35,36)/t22-,23+/m1/s1. The number of carbonyl (C=O) groups excluding carboxylic acids is 1. The minimum absolute atomic E-state index is 0.112. The normalized spacial score (nSPS) is 12.8. The lowest BCUT2D eigenvalue weighted by atomic mass is 10.0. The van der Waals surface area contributed by atoms with E-state index in [1.54, 1.807) is 7.11 Å². The first-order valence-corrected chi connectivity index (χ1v) is 12.5. The molecule has 11 heteroatoms. The predicted octanol–water partition coefficient (Wildman–Crippen LogP) is 3.18. The van der Waals surface area contributed by atoms with E-state index in [1.165, 1.54) is 28.9 Å². The SMILES string of the molecule is COCc1ccc(CNC(=O)c2nn(-c3ccc(F)cc3)c(OC[C@@H](O)C[C@@H](O)CC(=O)O)c2C(C)C)cc1. The molecule has 0 bridgehead atoms. The van der Waals surface area contributed by atoms with Crippen LogP contribution in [-0.2, 0) is 22.7 Å². The molecular weight excluding hydrogens is 509 g/mol. The van der Waals surface area contributed by atoms with Crippen LogP contribution in [0.3, 0.4) is 0 Å². The minimum Gasteiger partial charge on any atom is -0.481 e. The van der Waals surface area contributed by atoms with Crippen molar-refractivity contribution >= 4 is 11.9 Å².